The number of aromatic nitrogens is 1. The van der Waals surface area contributed by atoms with Crippen LogP contribution in [0.2, 0.25) is 0 Å². The van der Waals surface area contributed by atoms with E-state index in [1.807, 2.05) is 12.3 Å². The van der Waals surface area contributed by atoms with E-state index in [9.17, 15) is 4.39 Å². The number of halogens is 1. The Bertz CT molecular complexity index is 761. The average molecular weight is 269 g/mol. The first kappa shape index (κ1) is 12.7. The molecule has 102 valence electrons. The Morgan fingerprint density at radius 2 is 2.00 bits per heavy atom. The van der Waals surface area contributed by atoms with E-state index < -0.39 is 0 Å². The Balaban J connectivity index is 1.99. The second kappa shape index (κ2) is 5.00. The van der Waals surface area contributed by atoms with E-state index in [2.05, 4.69) is 29.7 Å². The molecule has 0 N–H and O–H groups in total. The number of benzene rings is 2. The molecule has 20 heavy (non-hydrogen) atoms. The largest absolute Gasteiger partial charge is 0.497 e. The highest BCUT2D eigenvalue weighted by Gasteiger charge is 2.07. The third-order valence-electron chi connectivity index (χ3n) is 3.63. The summed E-state index contributed by atoms with van der Waals surface area (Å²) >= 11 is 0. The number of fused-ring (bicyclic) bond motifs is 1. The maximum atomic E-state index is 14.0. The quantitative estimate of drug-likeness (QED) is 0.697. The molecule has 3 heteroatoms. The summed E-state index contributed by atoms with van der Waals surface area (Å²) in [5.74, 6) is 0.304. The van der Waals surface area contributed by atoms with Gasteiger partial charge >= 0.3 is 0 Å². The zero-order valence-corrected chi connectivity index (χ0v) is 11.6. The number of hydrogen-bond donors (Lipinski definition) is 0. The SMILES string of the molecule is COc1ccc(Cn2ccc3c(C)cccc32)c(F)c1. The highest BCUT2D eigenvalue weighted by Crippen LogP contribution is 2.22. The predicted molar refractivity (Wildman–Crippen MR) is 78.7 cm³/mol. The number of hydrogen-bond acceptors (Lipinski definition) is 1. The second-order valence-corrected chi connectivity index (χ2v) is 4.91. The van der Waals surface area contributed by atoms with Crippen LogP contribution in [0.25, 0.3) is 10.9 Å². The Labute approximate surface area is 117 Å². The molecule has 0 saturated heterocycles. The fraction of sp³-hybridized carbons (Fsp3) is 0.176. The van der Waals surface area contributed by atoms with Crippen LogP contribution >= 0.6 is 0 Å². The van der Waals surface area contributed by atoms with Crippen molar-refractivity contribution in [3.8, 4) is 5.75 Å². The molecule has 0 amide bonds. The van der Waals surface area contributed by atoms with Crippen LogP contribution in [-0.2, 0) is 6.54 Å². The zero-order chi connectivity index (χ0) is 14.1. The number of nitrogens with zero attached hydrogens (tertiary/aromatic N) is 1. The molecule has 2 aromatic carbocycles. The molecule has 0 spiro atoms. The molecule has 0 radical (unpaired) electrons. The molecule has 1 aromatic heterocycles. The summed E-state index contributed by atoms with van der Waals surface area (Å²) in [5, 5.41) is 1.21. The van der Waals surface area contributed by atoms with Gasteiger partial charge in [-0.3, -0.25) is 0 Å². The monoisotopic (exact) mass is 269 g/mol. The van der Waals surface area contributed by atoms with Crippen molar-refractivity contribution in [3.05, 3.63) is 65.6 Å². The lowest BCUT2D eigenvalue weighted by Gasteiger charge is -2.08. The van der Waals surface area contributed by atoms with E-state index in [4.69, 9.17) is 4.74 Å². The van der Waals surface area contributed by atoms with Gasteiger partial charge in [0, 0.05) is 28.7 Å². The van der Waals surface area contributed by atoms with Crippen molar-refractivity contribution in [2.24, 2.45) is 0 Å². The Morgan fingerprint density at radius 1 is 1.15 bits per heavy atom. The number of aryl methyl sites for hydroxylation is 1. The third kappa shape index (κ3) is 2.16. The van der Waals surface area contributed by atoms with Gasteiger partial charge < -0.3 is 9.30 Å². The lowest BCUT2D eigenvalue weighted by Crippen LogP contribution is -2.01. The van der Waals surface area contributed by atoms with Gasteiger partial charge in [-0.25, -0.2) is 4.39 Å². The summed E-state index contributed by atoms with van der Waals surface area (Å²) in [5.41, 5.74) is 3.02. The summed E-state index contributed by atoms with van der Waals surface area (Å²) in [6.07, 6.45) is 2.00. The van der Waals surface area contributed by atoms with Crippen LogP contribution in [0.1, 0.15) is 11.1 Å². The molecule has 2 nitrogen and oxygen atoms in total. The first-order valence-electron chi connectivity index (χ1n) is 6.56. The van der Waals surface area contributed by atoms with E-state index in [0.717, 1.165) is 5.52 Å². The molecule has 0 unspecified atom stereocenters. The second-order valence-electron chi connectivity index (χ2n) is 4.91. The Kier molecular flexibility index (Phi) is 3.18. The first-order chi connectivity index (χ1) is 9.69. The van der Waals surface area contributed by atoms with Crippen molar-refractivity contribution in [1.82, 2.24) is 4.57 Å². The molecular weight excluding hydrogens is 253 g/mol. The molecule has 0 aliphatic carbocycles. The predicted octanol–water partition coefficient (Wildman–Crippen LogP) is 4.15. The van der Waals surface area contributed by atoms with Gasteiger partial charge in [0.25, 0.3) is 0 Å². The molecule has 0 aliphatic heterocycles. The van der Waals surface area contributed by atoms with Crippen molar-refractivity contribution in [3.63, 3.8) is 0 Å². The van der Waals surface area contributed by atoms with Crippen LogP contribution in [0.4, 0.5) is 4.39 Å². The highest BCUT2D eigenvalue weighted by atomic mass is 19.1. The van der Waals surface area contributed by atoms with Gasteiger partial charge in [-0.15, -0.1) is 0 Å². The number of rotatable bonds is 3. The topological polar surface area (TPSA) is 14.2 Å². The standard InChI is InChI=1S/C17H16FNO/c1-12-4-3-5-17-15(12)8-9-19(17)11-13-6-7-14(20-2)10-16(13)18/h3-10H,11H2,1-2H3. The fourth-order valence-corrected chi connectivity index (χ4v) is 2.48. The molecule has 0 fully saturated rings. The van der Waals surface area contributed by atoms with Crippen LogP contribution in [0.15, 0.2) is 48.7 Å². The molecule has 3 aromatic rings. The van der Waals surface area contributed by atoms with E-state index >= 15 is 0 Å². The van der Waals surface area contributed by atoms with Gasteiger partial charge in [0.1, 0.15) is 11.6 Å². The van der Waals surface area contributed by atoms with Crippen LogP contribution in [0.5, 0.6) is 5.75 Å². The molecule has 0 saturated carbocycles. The summed E-state index contributed by atoms with van der Waals surface area (Å²) in [7, 11) is 1.54. The molecule has 0 aliphatic rings. The molecular formula is C17H16FNO. The minimum atomic E-state index is -0.237. The highest BCUT2D eigenvalue weighted by molar-refractivity contribution is 5.83. The average Bonchev–Trinajstić information content (AvgIpc) is 2.86. The molecule has 0 bridgehead atoms. The van der Waals surface area contributed by atoms with Gasteiger partial charge in [-0.2, -0.15) is 0 Å². The van der Waals surface area contributed by atoms with Crippen molar-refractivity contribution in [1.29, 1.82) is 0 Å². The van der Waals surface area contributed by atoms with Crippen LogP contribution in [-0.4, -0.2) is 11.7 Å². The maximum absolute atomic E-state index is 14.0. The Hall–Kier alpha value is -2.29. The van der Waals surface area contributed by atoms with E-state index in [1.165, 1.54) is 24.1 Å². The van der Waals surface area contributed by atoms with E-state index in [1.54, 1.807) is 12.1 Å². The zero-order valence-electron chi connectivity index (χ0n) is 11.6. The third-order valence-corrected chi connectivity index (χ3v) is 3.63. The van der Waals surface area contributed by atoms with Gasteiger partial charge in [0.2, 0.25) is 0 Å². The van der Waals surface area contributed by atoms with Crippen LogP contribution < -0.4 is 4.74 Å². The minimum Gasteiger partial charge on any atom is -0.497 e. The maximum Gasteiger partial charge on any atom is 0.131 e. The summed E-state index contributed by atoms with van der Waals surface area (Å²) < 4.78 is 21.1. The molecule has 1 heterocycles. The minimum absolute atomic E-state index is 0.237. The van der Waals surface area contributed by atoms with E-state index in [-0.39, 0.29) is 5.82 Å². The molecule has 0 atom stereocenters. The van der Waals surface area contributed by atoms with Gasteiger partial charge in [-0.05, 0) is 30.7 Å². The van der Waals surface area contributed by atoms with Crippen molar-refractivity contribution >= 4 is 10.9 Å². The fourth-order valence-electron chi connectivity index (χ4n) is 2.48. The van der Waals surface area contributed by atoms with E-state index in [0.29, 0.717) is 17.9 Å². The first-order valence-corrected chi connectivity index (χ1v) is 6.56. The molecule has 3 rings (SSSR count). The summed E-state index contributed by atoms with van der Waals surface area (Å²) in [6.45, 7) is 2.60. The van der Waals surface area contributed by atoms with Crippen molar-refractivity contribution in [2.45, 2.75) is 13.5 Å². The summed E-state index contributed by atoms with van der Waals surface area (Å²) in [6, 6.07) is 13.2. The van der Waals surface area contributed by atoms with Gasteiger partial charge in [0.15, 0.2) is 0 Å². The van der Waals surface area contributed by atoms with Gasteiger partial charge in [-0.1, -0.05) is 18.2 Å². The number of ether oxygens (including phenoxy) is 1. The van der Waals surface area contributed by atoms with Crippen LogP contribution in [0.3, 0.4) is 0 Å². The normalized spacial score (nSPS) is 10.9. The lowest BCUT2D eigenvalue weighted by molar-refractivity contribution is 0.410. The van der Waals surface area contributed by atoms with Crippen molar-refractivity contribution < 1.29 is 9.13 Å². The van der Waals surface area contributed by atoms with Crippen molar-refractivity contribution in [2.75, 3.05) is 7.11 Å². The summed E-state index contributed by atoms with van der Waals surface area (Å²) in [4.78, 5) is 0. The number of methoxy groups -OCH3 is 1. The Morgan fingerprint density at radius 3 is 2.75 bits per heavy atom. The smallest absolute Gasteiger partial charge is 0.131 e. The lowest BCUT2D eigenvalue weighted by atomic mass is 10.1. The van der Waals surface area contributed by atoms with Crippen LogP contribution in [0, 0.1) is 12.7 Å². The van der Waals surface area contributed by atoms with Gasteiger partial charge in [0.05, 0.1) is 13.7 Å².